The van der Waals surface area contributed by atoms with Crippen LogP contribution in [0.25, 0.3) is 0 Å². The molecule has 0 bridgehead atoms. The van der Waals surface area contributed by atoms with Gasteiger partial charge in [0.15, 0.2) is 0 Å². The van der Waals surface area contributed by atoms with Crippen molar-refractivity contribution < 1.29 is 14.7 Å². The summed E-state index contributed by atoms with van der Waals surface area (Å²) in [6.45, 7) is 5.09. The molecule has 0 aromatic carbocycles. The second-order valence-corrected chi connectivity index (χ2v) is 3.46. The molecule has 0 rings (SSSR count). The number of hydrogen-bond donors (Lipinski definition) is 3. The number of carboxylic acids is 1. The van der Waals surface area contributed by atoms with Crippen LogP contribution in [0, 0.1) is 5.92 Å². The predicted octanol–water partition coefficient (Wildman–Crippen LogP) is -0.0509. The zero-order valence-electron chi connectivity index (χ0n) is 8.78. The second kappa shape index (κ2) is 5.59. The highest BCUT2D eigenvalue weighted by molar-refractivity contribution is 5.85. The number of carbonyl (C=O) groups is 2. The van der Waals surface area contributed by atoms with E-state index in [1.54, 1.807) is 20.8 Å². The Balaban J connectivity index is 4.22. The van der Waals surface area contributed by atoms with E-state index in [2.05, 4.69) is 5.32 Å². The molecule has 4 N–H and O–H groups in total. The maximum atomic E-state index is 11.4. The molecule has 1 amide bonds. The van der Waals surface area contributed by atoms with Crippen LogP contribution in [0.5, 0.6) is 0 Å². The van der Waals surface area contributed by atoms with E-state index in [1.165, 1.54) is 0 Å². The zero-order chi connectivity index (χ0) is 11.3. The quantitative estimate of drug-likeness (QED) is 0.582. The number of carboxylic acid groups (broad SMARTS) is 1. The first-order chi connectivity index (χ1) is 6.40. The fourth-order valence-corrected chi connectivity index (χ4v) is 0.880. The van der Waals surface area contributed by atoms with Crippen LogP contribution in [0.15, 0.2) is 0 Å². The molecule has 82 valence electrons. The van der Waals surface area contributed by atoms with Crippen molar-refractivity contribution >= 4 is 11.9 Å². The van der Waals surface area contributed by atoms with Gasteiger partial charge in [-0.2, -0.15) is 0 Å². The van der Waals surface area contributed by atoms with E-state index in [9.17, 15) is 9.59 Å². The minimum atomic E-state index is -1.02. The van der Waals surface area contributed by atoms with Crippen LogP contribution >= 0.6 is 0 Å². The Morgan fingerprint density at radius 3 is 2.21 bits per heavy atom. The van der Waals surface area contributed by atoms with Gasteiger partial charge in [0, 0.05) is 12.0 Å². The summed E-state index contributed by atoms with van der Waals surface area (Å²) < 4.78 is 0. The molecule has 0 aromatic heterocycles. The summed E-state index contributed by atoms with van der Waals surface area (Å²) in [7, 11) is 0. The van der Waals surface area contributed by atoms with Gasteiger partial charge in [-0.3, -0.25) is 4.79 Å². The Bertz CT molecular complexity index is 216. The normalized spacial score (nSPS) is 16.9. The molecule has 0 saturated carbocycles. The molecule has 0 aliphatic heterocycles. The van der Waals surface area contributed by atoms with E-state index < -0.39 is 12.0 Å². The van der Waals surface area contributed by atoms with Crippen LogP contribution in [0.1, 0.15) is 27.2 Å². The molecule has 0 heterocycles. The smallest absolute Gasteiger partial charge is 0.326 e. The summed E-state index contributed by atoms with van der Waals surface area (Å²) in [6, 6.07) is -1.09. The Morgan fingerprint density at radius 2 is 1.93 bits per heavy atom. The molecule has 14 heavy (non-hydrogen) atoms. The fraction of sp³-hybridized carbons (Fsp3) is 0.778. The van der Waals surface area contributed by atoms with Gasteiger partial charge in [-0.15, -0.1) is 0 Å². The lowest BCUT2D eigenvalue weighted by Crippen LogP contribution is -2.46. The van der Waals surface area contributed by atoms with E-state index in [1.807, 2.05) is 0 Å². The number of nitrogens with two attached hydrogens (primary N) is 1. The van der Waals surface area contributed by atoms with Gasteiger partial charge in [-0.05, 0) is 13.3 Å². The molecule has 0 fully saturated rings. The number of hydrogen-bond acceptors (Lipinski definition) is 3. The van der Waals surface area contributed by atoms with Gasteiger partial charge in [0.2, 0.25) is 5.91 Å². The summed E-state index contributed by atoms with van der Waals surface area (Å²) in [6.07, 6.45) is 0.368. The minimum Gasteiger partial charge on any atom is -0.480 e. The van der Waals surface area contributed by atoms with Crippen LogP contribution in [0.4, 0.5) is 0 Å². The number of carbonyl (C=O) groups excluding carboxylic acids is 1. The molecule has 0 aliphatic carbocycles. The van der Waals surface area contributed by atoms with Crippen molar-refractivity contribution in [2.75, 3.05) is 0 Å². The van der Waals surface area contributed by atoms with Crippen LogP contribution in [-0.4, -0.2) is 29.1 Å². The van der Waals surface area contributed by atoms with Crippen LogP contribution in [-0.2, 0) is 9.59 Å². The van der Waals surface area contributed by atoms with Crippen molar-refractivity contribution in [2.45, 2.75) is 39.3 Å². The van der Waals surface area contributed by atoms with E-state index in [0.29, 0.717) is 6.42 Å². The average Bonchev–Trinajstić information content (AvgIpc) is 2.11. The third-order valence-electron chi connectivity index (χ3n) is 2.23. The Hall–Kier alpha value is -1.10. The Morgan fingerprint density at radius 1 is 1.43 bits per heavy atom. The van der Waals surface area contributed by atoms with Gasteiger partial charge in [-0.1, -0.05) is 13.8 Å². The van der Waals surface area contributed by atoms with Gasteiger partial charge in [-0.25, -0.2) is 4.79 Å². The van der Waals surface area contributed by atoms with E-state index >= 15 is 0 Å². The summed E-state index contributed by atoms with van der Waals surface area (Å²) >= 11 is 0. The Labute approximate surface area is 83.7 Å². The molecular formula is C9H18N2O3. The summed E-state index contributed by atoms with van der Waals surface area (Å²) in [4.78, 5) is 22.0. The average molecular weight is 202 g/mol. The van der Waals surface area contributed by atoms with Crippen LogP contribution < -0.4 is 11.1 Å². The summed E-state index contributed by atoms with van der Waals surface area (Å²) in [5.74, 6) is -1.70. The van der Waals surface area contributed by atoms with Crippen LogP contribution in [0.3, 0.4) is 0 Å². The second-order valence-electron chi connectivity index (χ2n) is 3.46. The van der Waals surface area contributed by atoms with Crippen molar-refractivity contribution in [2.24, 2.45) is 11.7 Å². The van der Waals surface area contributed by atoms with Crippen molar-refractivity contribution in [3.63, 3.8) is 0 Å². The molecule has 0 saturated heterocycles. The van der Waals surface area contributed by atoms with Crippen LogP contribution in [0.2, 0.25) is 0 Å². The lowest BCUT2D eigenvalue weighted by Gasteiger charge is -2.18. The standard InChI is InChI=1S/C9H18N2O3/c1-4-7(9(13)14)11-8(12)5(2)6(3)10/h5-7H,4,10H2,1-3H3,(H,11,12)(H,13,14)/t5?,6?,7-/m0/s1. The molecule has 2 unspecified atom stereocenters. The van der Waals surface area contributed by atoms with E-state index in [-0.39, 0.29) is 17.9 Å². The molecular weight excluding hydrogens is 184 g/mol. The minimum absolute atomic E-state index is 0.277. The third-order valence-corrected chi connectivity index (χ3v) is 2.23. The first-order valence-corrected chi connectivity index (χ1v) is 4.68. The SMILES string of the molecule is CC[C@H](NC(=O)C(C)C(C)N)C(=O)O. The number of aliphatic carboxylic acids is 1. The monoisotopic (exact) mass is 202 g/mol. The lowest BCUT2D eigenvalue weighted by molar-refractivity contribution is -0.142. The highest BCUT2D eigenvalue weighted by atomic mass is 16.4. The van der Waals surface area contributed by atoms with Gasteiger partial charge < -0.3 is 16.2 Å². The molecule has 0 aliphatic rings. The maximum absolute atomic E-state index is 11.4. The number of nitrogens with one attached hydrogen (secondary N) is 1. The zero-order valence-corrected chi connectivity index (χ0v) is 8.78. The first kappa shape index (κ1) is 12.9. The van der Waals surface area contributed by atoms with Crippen molar-refractivity contribution in [3.05, 3.63) is 0 Å². The largest absolute Gasteiger partial charge is 0.480 e. The summed E-state index contributed by atoms with van der Waals surface area (Å²) in [5.41, 5.74) is 5.52. The molecule has 5 nitrogen and oxygen atoms in total. The van der Waals surface area contributed by atoms with Crippen molar-refractivity contribution in [1.82, 2.24) is 5.32 Å². The van der Waals surface area contributed by atoms with Gasteiger partial charge in [0.25, 0.3) is 0 Å². The van der Waals surface area contributed by atoms with Gasteiger partial charge >= 0.3 is 5.97 Å². The number of amides is 1. The molecule has 5 heteroatoms. The first-order valence-electron chi connectivity index (χ1n) is 4.68. The lowest BCUT2D eigenvalue weighted by atomic mass is 10.0. The topological polar surface area (TPSA) is 92.4 Å². The summed E-state index contributed by atoms with van der Waals surface area (Å²) in [5, 5.41) is 11.1. The van der Waals surface area contributed by atoms with E-state index in [4.69, 9.17) is 10.8 Å². The van der Waals surface area contributed by atoms with Gasteiger partial charge in [0.1, 0.15) is 6.04 Å². The highest BCUT2D eigenvalue weighted by Gasteiger charge is 2.22. The molecule has 3 atom stereocenters. The van der Waals surface area contributed by atoms with Gasteiger partial charge in [0.05, 0.1) is 0 Å². The molecule has 0 aromatic rings. The third kappa shape index (κ3) is 3.74. The van der Waals surface area contributed by atoms with Crippen molar-refractivity contribution in [3.8, 4) is 0 Å². The maximum Gasteiger partial charge on any atom is 0.326 e. The highest BCUT2D eigenvalue weighted by Crippen LogP contribution is 2.01. The van der Waals surface area contributed by atoms with Crippen molar-refractivity contribution in [1.29, 1.82) is 0 Å². The molecule has 0 spiro atoms. The fourth-order valence-electron chi connectivity index (χ4n) is 0.880. The Kier molecular flexibility index (Phi) is 5.15. The van der Waals surface area contributed by atoms with E-state index in [0.717, 1.165) is 0 Å². The predicted molar refractivity (Wildman–Crippen MR) is 52.7 cm³/mol. The molecule has 0 radical (unpaired) electrons. The number of rotatable bonds is 5.